The molecular formula is C12H19BrN2O2S2. The van der Waals surface area contributed by atoms with E-state index in [9.17, 15) is 8.42 Å². The quantitative estimate of drug-likeness (QED) is 0.890. The Hall–Kier alpha value is 0.0500. The molecule has 0 amide bonds. The molecule has 0 radical (unpaired) electrons. The molecule has 1 aromatic heterocycles. The zero-order valence-corrected chi connectivity index (χ0v) is 14.3. The van der Waals surface area contributed by atoms with E-state index in [0.29, 0.717) is 14.7 Å². The molecule has 1 saturated heterocycles. The second-order valence-electron chi connectivity index (χ2n) is 5.08. The normalized spacial score (nSPS) is 19.2. The summed E-state index contributed by atoms with van der Waals surface area (Å²) in [5, 5.41) is 1.78. The van der Waals surface area contributed by atoms with Crippen molar-refractivity contribution in [1.29, 1.82) is 0 Å². The number of hydrogen-bond acceptors (Lipinski definition) is 4. The number of halogens is 1. The van der Waals surface area contributed by atoms with Gasteiger partial charge in [-0.05, 0) is 67.2 Å². The van der Waals surface area contributed by atoms with Crippen molar-refractivity contribution in [2.24, 2.45) is 0 Å². The maximum absolute atomic E-state index is 12.3. The van der Waals surface area contributed by atoms with Crippen molar-refractivity contribution < 1.29 is 8.42 Å². The van der Waals surface area contributed by atoms with Crippen molar-refractivity contribution >= 4 is 37.3 Å². The van der Waals surface area contributed by atoms with Crippen molar-refractivity contribution in [2.75, 3.05) is 13.1 Å². The highest BCUT2D eigenvalue weighted by molar-refractivity contribution is 9.10. The van der Waals surface area contributed by atoms with Crippen LogP contribution in [0.3, 0.4) is 0 Å². The Morgan fingerprint density at radius 2 is 2.05 bits per heavy atom. The van der Waals surface area contributed by atoms with Gasteiger partial charge in [0.25, 0.3) is 10.0 Å². The third-order valence-electron chi connectivity index (χ3n) is 3.41. The van der Waals surface area contributed by atoms with Gasteiger partial charge in [0.1, 0.15) is 4.21 Å². The van der Waals surface area contributed by atoms with Crippen molar-refractivity contribution in [3.8, 4) is 0 Å². The van der Waals surface area contributed by atoms with Gasteiger partial charge in [0.15, 0.2) is 0 Å². The smallest absolute Gasteiger partial charge is 0.251 e. The lowest BCUT2D eigenvalue weighted by Crippen LogP contribution is -2.46. The van der Waals surface area contributed by atoms with Crippen LogP contribution in [0.5, 0.6) is 0 Å². The molecule has 4 nitrogen and oxygen atoms in total. The third kappa shape index (κ3) is 3.78. The largest absolute Gasteiger partial charge is 0.301 e. The molecule has 0 aromatic carbocycles. The molecule has 108 valence electrons. The van der Waals surface area contributed by atoms with Gasteiger partial charge in [0.05, 0.1) is 0 Å². The van der Waals surface area contributed by atoms with Crippen LogP contribution in [0, 0.1) is 0 Å². The Morgan fingerprint density at radius 3 is 2.53 bits per heavy atom. The monoisotopic (exact) mass is 366 g/mol. The van der Waals surface area contributed by atoms with Crippen LogP contribution in [0.1, 0.15) is 26.7 Å². The van der Waals surface area contributed by atoms with Gasteiger partial charge < -0.3 is 4.90 Å². The van der Waals surface area contributed by atoms with Crippen LogP contribution in [-0.2, 0) is 10.0 Å². The molecular weight excluding hydrogens is 348 g/mol. The minimum atomic E-state index is -3.38. The number of rotatable bonds is 4. The fourth-order valence-electron chi connectivity index (χ4n) is 2.28. The molecule has 1 aromatic rings. The van der Waals surface area contributed by atoms with E-state index in [1.165, 1.54) is 11.3 Å². The Kier molecular flexibility index (Phi) is 5.05. The molecule has 0 atom stereocenters. The van der Waals surface area contributed by atoms with E-state index in [4.69, 9.17) is 0 Å². The molecule has 7 heteroatoms. The SMILES string of the molecule is CC(C)N1CCC(NS(=O)(=O)c2sccc2Br)CC1. The maximum atomic E-state index is 12.3. The van der Waals surface area contributed by atoms with Gasteiger partial charge in [0.2, 0.25) is 0 Å². The summed E-state index contributed by atoms with van der Waals surface area (Å²) in [7, 11) is -3.38. The van der Waals surface area contributed by atoms with Gasteiger partial charge >= 0.3 is 0 Å². The summed E-state index contributed by atoms with van der Waals surface area (Å²) in [6, 6.07) is 2.35. The summed E-state index contributed by atoms with van der Waals surface area (Å²) in [4.78, 5) is 2.38. The predicted molar refractivity (Wildman–Crippen MR) is 82.1 cm³/mol. The van der Waals surface area contributed by atoms with Gasteiger partial charge in [-0.15, -0.1) is 11.3 Å². The Bertz CT molecular complexity index is 520. The lowest BCUT2D eigenvalue weighted by molar-refractivity contribution is 0.168. The molecule has 2 heterocycles. The molecule has 19 heavy (non-hydrogen) atoms. The highest BCUT2D eigenvalue weighted by Gasteiger charge is 2.27. The van der Waals surface area contributed by atoms with Crippen molar-refractivity contribution in [2.45, 2.75) is 43.0 Å². The fourth-order valence-corrected chi connectivity index (χ4v) is 5.94. The molecule has 2 rings (SSSR count). The van der Waals surface area contributed by atoms with Crippen LogP contribution >= 0.6 is 27.3 Å². The number of hydrogen-bond donors (Lipinski definition) is 1. The second-order valence-corrected chi connectivity index (χ2v) is 8.76. The van der Waals surface area contributed by atoms with Gasteiger partial charge in [0, 0.05) is 16.6 Å². The molecule has 0 spiro atoms. The highest BCUT2D eigenvalue weighted by atomic mass is 79.9. The van der Waals surface area contributed by atoms with Crippen LogP contribution in [-0.4, -0.2) is 38.5 Å². The number of nitrogens with one attached hydrogen (secondary N) is 1. The lowest BCUT2D eigenvalue weighted by Gasteiger charge is -2.34. The first kappa shape index (κ1) is 15.4. The van der Waals surface area contributed by atoms with Crippen molar-refractivity contribution in [3.63, 3.8) is 0 Å². The number of thiophene rings is 1. The molecule has 0 bridgehead atoms. The van der Waals surface area contributed by atoms with E-state index in [0.717, 1.165) is 25.9 Å². The van der Waals surface area contributed by atoms with E-state index in [1.54, 1.807) is 11.4 Å². The maximum Gasteiger partial charge on any atom is 0.251 e. The van der Waals surface area contributed by atoms with E-state index >= 15 is 0 Å². The fraction of sp³-hybridized carbons (Fsp3) is 0.667. The first-order chi connectivity index (χ1) is 8.90. The topological polar surface area (TPSA) is 49.4 Å². The van der Waals surface area contributed by atoms with Crippen LogP contribution < -0.4 is 4.72 Å². The minimum absolute atomic E-state index is 0.0500. The van der Waals surface area contributed by atoms with Crippen LogP contribution in [0.15, 0.2) is 20.1 Å². The van der Waals surface area contributed by atoms with Gasteiger partial charge in [-0.1, -0.05) is 0 Å². The summed E-state index contributed by atoms with van der Waals surface area (Å²) >= 11 is 4.52. The van der Waals surface area contributed by atoms with Gasteiger partial charge in [-0.2, -0.15) is 0 Å². The Labute approximate surface area is 127 Å². The zero-order valence-electron chi connectivity index (χ0n) is 11.1. The van der Waals surface area contributed by atoms with Gasteiger partial charge in [-0.3, -0.25) is 0 Å². The van der Waals surface area contributed by atoms with Gasteiger partial charge in [-0.25, -0.2) is 13.1 Å². The molecule has 1 aliphatic rings. The highest BCUT2D eigenvalue weighted by Crippen LogP contribution is 2.28. The van der Waals surface area contributed by atoms with Crippen molar-refractivity contribution in [3.05, 3.63) is 15.9 Å². The summed E-state index contributed by atoms with van der Waals surface area (Å²) in [6.07, 6.45) is 1.75. The molecule has 1 N–H and O–H groups in total. The third-order valence-corrected chi connectivity index (χ3v) is 7.60. The summed E-state index contributed by atoms with van der Waals surface area (Å²) in [6.45, 7) is 6.26. The summed E-state index contributed by atoms with van der Waals surface area (Å²) < 4.78 is 28.3. The second kappa shape index (κ2) is 6.22. The minimum Gasteiger partial charge on any atom is -0.301 e. The summed E-state index contributed by atoms with van der Waals surface area (Å²) in [5.74, 6) is 0. The average Bonchev–Trinajstić information content (AvgIpc) is 2.76. The molecule has 0 saturated carbocycles. The molecule has 0 aliphatic carbocycles. The number of piperidine rings is 1. The van der Waals surface area contributed by atoms with E-state index in [2.05, 4.69) is 39.4 Å². The summed E-state index contributed by atoms with van der Waals surface area (Å²) in [5.41, 5.74) is 0. The Morgan fingerprint density at radius 1 is 1.42 bits per heavy atom. The number of sulfonamides is 1. The predicted octanol–water partition coefficient (Wildman–Crippen LogP) is 2.66. The van der Waals surface area contributed by atoms with Crippen LogP contribution in [0.4, 0.5) is 0 Å². The van der Waals surface area contributed by atoms with Crippen molar-refractivity contribution in [1.82, 2.24) is 9.62 Å². The Balaban J connectivity index is 1.98. The number of nitrogens with zero attached hydrogens (tertiary/aromatic N) is 1. The molecule has 0 unspecified atom stereocenters. The lowest BCUT2D eigenvalue weighted by atomic mass is 10.1. The van der Waals surface area contributed by atoms with Crippen LogP contribution in [0.25, 0.3) is 0 Å². The first-order valence-electron chi connectivity index (χ1n) is 6.39. The van der Waals surface area contributed by atoms with E-state index in [1.807, 2.05) is 0 Å². The molecule has 1 aliphatic heterocycles. The first-order valence-corrected chi connectivity index (χ1v) is 9.55. The standard InChI is InChI=1S/C12H19BrN2O2S2/c1-9(2)15-6-3-10(4-7-15)14-19(16,17)12-11(13)5-8-18-12/h5,8-10,14H,3-4,6-7H2,1-2H3. The number of likely N-dealkylation sites (tertiary alicyclic amines) is 1. The van der Waals surface area contributed by atoms with E-state index < -0.39 is 10.0 Å². The molecule has 1 fully saturated rings. The average molecular weight is 367 g/mol. The zero-order chi connectivity index (χ0) is 14.0. The van der Waals surface area contributed by atoms with E-state index in [-0.39, 0.29) is 6.04 Å². The van der Waals surface area contributed by atoms with Crippen LogP contribution in [0.2, 0.25) is 0 Å².